The number of nitrogens with zero attached hydrogens (tertiary/aromatic N) is 1. The van der Waals surface area contributed by atoms with Crippen molar-refractivity contribution in [2.75, 3.05) is 0 Å². The first kappa shape index (κ1) is 11.9. The number of nitrogens with two attached hydrogens (primary N) is 1. The van der Waals surface area contributed by atoms with E-state index in [9.17, 15) is 4.79 Å². The SMILES string of the molecule is NC(CCCC(=O)O)c1ccncc1Cl. The summed E-state index contributed by atoms with van der Waals surface area (Å²) in [5, 5.41) is 9.00. The highest BCUT2D eigenvalue weighted by atomic mass is 35.5. The number of carboxylic acid groups (broad SMARTS) is 1. The molecule has 0 bridgehead atoms. The van der Waals surface area contributed by atoms with Crippen LogP contribution in [0.5, 0.6) is 0 Å². The fourth-order valence-corrected chi connectivity index (χ4v) is 1.57. The van der Waals surface area contributed by atoms with Gasteiger partial charge in [0.1, 0.15) is 0 Å². The van der Waals surface area contributed by atoms with Crippen molar-refractivity contribution >= 4 is 17.6 Å². The Bertz CT molecular complexity index is 344. The zero-order valence-electron chi connectivity index (χ0n) is 8.19. The van der Waals surface area contributed by atoms with E-state index >= 15 is 0 Å². The molecule has 82 valence electrons. The number of aromatic nitrogens is 1. The fourth-order valence-electron chi connectivity index (χ4n) is 1.32. The highest BCUT2D eigenvalue weighted by Gasteiger charge is 2.10. The molecule has 5 heteroatoms. The highest BCUT2D eigenvalue weighted by molar-refractivity contribution is 6.31. The monoisotopic (exact) mass is 228 g/mol. The summed E-state index contributed by atoms with van der Waals surface area (Å²) < 4.78 is 0. The van der Waals surface area contributed by atoms with Crippen LogP contribution in [-0.4, -0.2) is 16.1 Å². The van der Waals surface area contributed by atoms with E-state index in [-0.39, 0.29) is 12.5 Å². The minimum atomic E-state index is -0.803. The molecule has 0 aliphatic rings. The Morgan fingerprint density at radius 1 is 1.67 bits per heavy atom. The molecular weight excluding hydrogens is 216 g/mol. The molecule has 3 N–H and O–H groups in total. The van der Waals surface area contributed by atoms with Gasteiger partial charge in [-0.2, -0.15) is 0 Å². The molecule has 0 amide bonds. The number of carboxylic acids is 1. The Kier molecular flexibility index (Phi) is 4.52. The second-order valence-corrected chi connectivity index (χ2v) is 3.70. The summed E-state index contributed by atoms with van der Waals surface area (Å²) in [6, 6.07) is 1.54. The molecule has 4 nitrogen and oxygen atoms in total. The quantitative estimate of drug-likeness (QED) is 0.808. The van der Waals surface area contributed by atoms with Gasteiger partial charge in [0.25, 0.3) is 0 Å². The Hall–Kier alpha value is -1.13. The molecule has 0 saturated carbocycles. The molecule has 0 spiro atoms. The van der Waals surface area contributed by atoms with Gasteiger partial charge in [-0.1, -0.05) is 11.6 Å². The number of hydrogen-bond donors (Lipinski definition) is 2. The maximum atomic E-state index is 10.3. The third kappa shape index (κ3) is 3.85. The van der Waals surface area contributed by atoms with Crippen molar-refractivity contribution in [1.29, 1.82) is 0 Å². The molecule has 1 heterocycles. The number of rotatable bonds is 5. The first-order valence-corrected chi connectivity index (χ1v) is 5.06. The van der Waals surface area contributed by atoms with Gasteiger partial charge in [-0.25, -0.2) is 0 Å². The van der Waals surface area contributed by atoms with Gasteiger partial charge in [-0.05, 0) is 24.5 Å². The molecule has 1 aromatic heterocycles. The van der Waals surface area contributed by atoms with E-state index in [2.05, 4.69) is 4.98 Å². The van der Waals surface area contributed by atoms with Crippen molar-refractivity contribution < 1.29 is 9.90 Å². The second kappa shape index (κ2) is 5.68. The topological polar surface area (TPSA) is 76.2 Å². The average molecular weight is 229 g/mol. The molecule has 0 fully saturated rings. The molecule has 1 unspecified atom stereocenters. The zero-order chi connectivity index (χ0) is 11.3. The first-order chi connectivity index (χ1) is 7.11. The van der Waals surface area contributed by atoms with Gasteiger partial charge in [0.15, 0.2) is 0 Å². The molecule has 0 saturated heterocycles. The van der Waals surface area contributed by atoms with E-state index in [1.807, 2.05) is 0 Å². The van der Waals surface area contributed by atoms with Gasteiger partial charge in [0.2, 0.25) is 0 Å². The number of aliphatic carboxylic acids is 1. The first-order valence-electron chi connectivity index (χ1n) is 4.68. The lowest BCUT2D eigenvalue weighted by atomic mass is 10.0. The number of carbonyl (C=O) groups is 1. The van der Waals surface area contributed by atoms with E-state index < -0.39 is 5.97 Å². The van der Waals surface area contributed by atoms with Crippen LogP contribution in [-0.2, 0) is 4.79 Å². The summed E-state index contributed by atoms with van der Waals surface area (Å²) in [5.74, 6) is -0.803. The normalized spacial score (nSPS) is 12.4. The summed E-state index contributed by atoms with van der Waals surface area (Å²) in [5.41, 5.74) is 6.69. The summed E-state index contributed by atoms with van der Waals surface area (Å²) in [7, 11) is 0. The molecule has 1 aromatic rings. The zero-order valence-corrected chi connectivity index (χ0v) is 8.94. The Balaban J connectivity index is 2.50. The third-order valence-electron chi connectivity index (χ3n) is 2.11. The summed E-state index contributed by atoms with van der Waals surface area (Å²) in [6.45, 7) is 0. The van der Waals surface area contributed by atoms with Crippen molar-refractivity contribution in [2.45, 2.75) is 25.3 Å². The van der Waals surface area contributed by atoms with Gasteiger partial charge in [-0.3, -0.25) is 9.78 Å². The van der Waals surface area contributed by atoms with Crippen LogP contribution in [0.1, 0.15) is 30.9 Å². The smallest absolute Gasteiger partial charge is 0.303 e. The van der Waals surface area contributed by atoms with Crippen molar-refractivity contribution in [1.82, 2.24) is 4.98 Å². The van der Waals surface area contributed by atoms with Gasteiger partial charge >= 0.3 is 5.97 Å². The highest BCUT2D eigenvalue weighted by Crippen LogP contribution is 2.23. The molecule has 15 heavy (non-hydrogen) atoms. The minimum Gasteiger partial charge on any atom is -0.481 e. The van der Waals surface area contributed by atoms with Gasteiger partial charge in [0, 0.05) is 24.9 Å². The van der Waals surface area contributed by atoms with Crippen LogP contribution < -0.4 is 5.73 Å². The Morgan fingerprint density at radius 3 is 3.00 bits per heavy atom. The lowest BCUT2D eigenvalue weighted by molar-refractivity contribution is -0.137. The van der Waals surface area contributed by atoms with Crippen molar-refractivity contribution in [2.24, 2.45) is 5.73 Å². The Morgan fingerprint density at radius 2 is 2.40 bits per heavy atom. The summed E-state index contributed by atoms with van der Waals surface area (Å²) >= 11 is 5.90. The molecular formula is C10H13ClN2O2. The molecule has 0 radical (unpaired) electrons. The molecule has 0 aliphatic heterocycles. The van der Waals surface area contributed by atoms with Crippen LogP contribution in [0, 0.1) is 0 Å². The van der Waals surface area contributed by atoms with Crippen molar-refractivity contribution in [3.05, 3.63) is 29.0 Å². The number of hydrogen-bond acceptors (Lipinski definition) is 3. The summed E-state index contributed by atoms with van der Waals surface area (Å²) in [4.78, 5) is 14.2. The largest absolute Gasteiger partial charge is 0.481 e. The van der Waals surface area contributed by atoms with Crippen LogP contribution in [0.4, 0.5) is 0 Å². The molecule has 0 aliphatic carbocycles. The second-order valence-electron chi connectivity index (χ2n) is 3.29. The average Bonchev–Trinajstić information content (AvgIpc) is 2.17. The van der Waals surface area contributed by atoms with E-state index in [1.54, 1.807) is 12.3 Å². The van der Waals surface area contributed by atoms with Crippen LogP contribution in [0.3, 0.4) is 0 Å². The lowest BCUT2D eigenvalue weighted by Crippen LogP contribution is -2.11. The van der Waals surface area contributed by atoms with Crippen LogP contribution in [0.25, 0.3) is 0 Å². The van der Waals surface area contributed by atoms with E-state index in [0.29, 0.717) is 17.9 Å². The predicted molar refractivity (Wildman–Crippen MR) is 57.7 cm³/mol. The maximum Gasteiger partial charge on any atom is 0.303 e. The van der Waals surface area contributed by atoms with Gasteiger partial charge < -0.3 is 10.8 Å². The third-order valence-corrected chi connectivity index (χ3v) is 2.42. The minimum absolute atomic E-state index is 0.135. The number of pyridine rings is 1. The molecule has 0 aromatic carbocycles. The van der Waals surface area contributed by atoms with Crippen molar-refractivity contribution in [3.8, 4) is 0 Å². The van der Waals surface area contributed by atoms with E-state index in [0.717, 1.165) is 5.56 Å². The fraction of sp³-hybridized carbons (Fsp3) is 0.400. The lowest BCUT2D eigenvalue weighted by Gasteiger charge is -2.12. The van der Waals surface area contributed by atoms with E-state index in [4.69, 9.17) is 22.4 Å². The van der Waals surface area contributed by atoms with Crippen molar-refractivity contribution in [3.63, 3.8) is 0 Å². The molecule has 1 rings (SSSR count). The predicted octanol–water partition coefficient (Wildman–Crippen LogP) is 1.99. The maximum absolute atomic E-state index is 10.3. The summed E-state index contributed by atoms with van der Waals surface area (Å²) in [6.07, 6.45) is 4.45. The Labute approximate surface area is 93.1 Å². The van der Waals surface area contributed by atoms with E-state index in [1.165, 1.54) is 6.20 Å². The van der Waals surface area contributed by atoms with Crippen LogP contribution in [0.15, 0.2) is 18.5 Å². The standard InChI is InChI=1S/C10H13ClN2O2/c11-8-6-13-5-4-7(8)9(12)2-1-3-10(14)15/h4-6,9H,1-3,12H2,(H,14,15). The number of halogens is 1. The van der Waals surface area contributed by atoms with Crippen LogP contribution >= 0.6 is 11.6 Å². The van der Waals surface area contributed by atoms with Gasteiger partial charge in [0.05, 0.1) is 5.02 Å². The van der Waals surface area contributed by atoms with Gasteiger partial charge in [-0.15, -0.1) is 0 Å². The molecule has 1 atom stereocenters. The van der Waals surface area contributed by atoms with Crippen LogP contribution in [0.2, 0.25) is 5.02 Å².